The molecule has 130 valence electrons. The molecule has 3 rings (SSSR count). The maximum absolute atomic E-state index is 12.8. The molecule has 1 aromatic heterocycles. The lowest BCUT2D eigenvalue weighted by atomic mass is 10.1. The summed E-state index contributed by atoms with van der Waals surface area (Å²) in [4.78, 5) is 8.68. The monoisotopic (exact) mass is 337 g/mol. The van der Waals surface area contributed by atoms with Crippen LogP contribution < -0.4 is 4.90 Å². The third kappa shape index (κ3) is 3.80. The van der Waals surface area contributed by atoms with Gasteiger partial charge in [-0.2, -0.15) is 13.2 Å². The summed E-state index contributed by atoms with van der Waals surface area (Å²) in [7, 11) is 1.98. The first-order valence-corrected chi connectivity index (χ1v) is 8.34. The summed E-state index contributed by atoms with van der Waals surface area (Å²) in [6.07, 6.45) is 0.849. The normalized spacial score (nSPS) is 16.0. The summed E-state index contributed by atoms with van der Waals surface area (Å²) in [5.41, 5.74) is 0.653. The SMILES string of the molecule is CN(CCCN1CCCC1)c1ccnc2cc(C(F)(F)F)ccc12. The lowest BCUT2D eigenvalue weighted by molar-refractivity contribution is -0.137. The van der Waals surface area contributed by atoms with Gasteiger partial charge in [0.15, 0.2) is 0 Å². The van der Waals surface area contributed by atoms with Gasteiger partial charge in [-0.3, -0.25) is 4.98 Å². The average Bonchev–Trinajstić information content (AvgIpc) is 3.06. The second kappa shape index (κ2) is 6.97. The van der Waals surface area contributed by atoms with Crippen LogP contribution in [0.15, 0.2) is 30.5 Å². The molecule has 1 fully saturated rings. The zero-order valence-electron chi connectivity index (χ0n) is 13.8. The van der Waals surface area contributed by atoms with E-state index in [0.717, 1.165) is 42.7 Å². The molecule has 1 aliphatic rings. The molecular weight excluding hydrogens is 315 g/mol. The maximum Gasteiger partial charge on any atom is 0.416 e. The van der Waals surface area contributed by atoms with Crippen LogP contribution in [0.2, 0.25) is 0 Å². The van der Waals surface area contributed by atoms with Crippen molar-refractivity contribution >= 4 is 16.6 Å². The molecule has 0 aliphatic carbocycles. The number of anilines is 1. The number of hydrogen-bond donors (Lipinski definition) is 0. The Balaban J connectivity index is 1.73. The van der Waals surface area contributed by atoms with Crippen LogP contribution in [0.25, 0.3) is 10.9 Å². The first-order chi connectivity index (χ1) is 11.4. The molecule has 0 atom stereocenters. The Labute approximate surface area is 140 Å². The van der Waals surface area contributed by atoms with E-state index in [9.17, 15) is 13.2 Å². The number of rotatable bonds is 5. The number of halogens is 3. The van der Waals surface area contributed by atoms with E-state index in [0.29, 0.717) is 5.52 Å². The first kappa shape index (κ1) is 17.0. The molecule has 0 saturated carbocycles. The van der Waals surface area contributed by atoms with Crippen molar-refractivity contribution in [3.63, 3.8) is 0 Å². The van der Waals surface area contributed by atoms with Gasteiger partial charge in [0.1, 0.15) is 0 Å². The zero-order valence-corrected chi connectivity index (χ0v) is 13.8. The van der Waals surface area contributed by atoms with E-state index in [1.807, 2.05) is 13.1 Å². The van der Waals surface area contributed by atoms with Crippen LogP contribution in [-0.4, -0.2) is 43.1 Å². The minimum atomic E-state index is -4.34. The number of pyridine rings is 1. The molecular formula is C18H22F3N3. The van der Waals surface area contributed by atoms with Crippen molar-refractivity contribution in [2.45, 2.75) is 25.4 Å². The van der Waals surface area contributed by atoms with E-state index in [1.165, 1.54) is 32.0 Å². The standard InChI is InChI=1S/C18H22F3N3/c1-23(9-4-12-24-10-2-3-11-24)17-7-8-22-16-13-14(18(19,20)21)5-6-15(16)17/h5-8,13H,2-4,9-12H2,1H3. The maximum atomic E-state index is 12.8. The van der Waals surface area contributed by atoms with Gasteiger partial charge in [-0.05, 0) is 57.1 Å². The number of likely N-dealkylation sites (tertiary alicyclic amines) is 1. The predicted octanol–water partition coefficient (Wildman–Crippen LogP) is 4.18. The Morgan fingerprint density at radius 1 is 1.17 bits per heavy atom. The summed E-state index contributed by atoms with van der Waals surface area (Å²) in [5.74, 6) is 0. The van der Waals surface area contributed by atoms with Crippen molar-refractivity contribution in [3.05, 3.63) is 36.0 Å². The van der Waals surface area contributed by atoms with Crippen LogP contribution in [-0.2, 0) is 6.18 Å². The minimum absolute atomic E-state index is 0.383. The van der Waals surface area contributed by atoms with Crippen LogP contribution in [0.3, 0.4) is 0 Å². The van der Waals surface area contributed by atoms with E-state index >= 15 is 0 Å². The van der Waals surface area contributed by atoms with Crippen LogP contribution in [0, 0.1) is 0 Å². The van der Waals surface area contributed by atoms with Crippen LogP contribution in [0.1, 0.15) is 24.8 Å². The lowest BCUT2D eigenvalue weighted by Crippen LogP contribution is -2.26. The highest BCUT2D eigenvalue weighted by molar-refractivity contribution is 5.91. The number of fused-ring (bicyclic) bond motifs is 1. The van der Waals surface area contributed by atoms with Crippen LogP contribution in [0.4, 0.5) is 18.9 Å². The van der Waals surface area contributed by atoms with Gasteiger partial charge in [0.25, 0.3) is 0 Å². The molecule has 0 radical (unpaired) electrons. The molecule has 2 aromatic rings. The number of aromatic nitrogens is 1. The van der Waals surface area contributed by atoms with Crippen molar-refractivity contribution in [3.8, 4) is 0 Å². The highest BCUT2D eigenvalue weighted by atomic mass is 19.4. The van der Waals surface area contributed by atoms with Gasteiger partial charge in [0.2, 0.25) is 0 Å². The summed E-state index contributed by atoms with van der Waals surface area (Å²) < 4.78 is 38.5. The van der Waals surface area contributed by atoms with Gasteiger partial charge < -0.3 is 9.80 Å². The fourth-order valence-corrected chi connectivity index (χ4v) is 3.30. The van der Waals surface area contributed by atoms with Gasteiger partial charge >= 0.3 is 6.18 Å². The van der Waals surface area contributed by atoms with Crippen molar-refractivity contribution in [1.82, 2.24) is 9.88 Å². The van der Waals surface area contributed by atoms with Crippen molar-refractivity contribution in [2.75, 3.05) is 38.1 Å². The number of hydrogen-bond acceptors (Lipinski definition) is 3. The van der Waals surface area contributed by atoms with Crippen LogP contribution >= 0.6 is 0 Å². The number of alkyl halides is 3. The van der Waals surface area contributed by atoms with E-state index in [4.69, 9.17) is 0 Å². The van der Waals surface area contributed by atoms with Gasteiger partial charge in [0.05, 0.1) is 11.1 Å². The van der Waals surface area contributed by atoms with Gasteiger partial charge in [-0.25, -0.2) is 0 Å². The fourth-order valence-electron chi connectivity index (χ4n) is 3.30. The van der Waals surface area contributed by atoms with Crippen LogP contribution in [0.5, 0.6) is 0 Å². The second-order valence-corrected chi connectivity index (χ2v) is 6.38. The Bertz CT molecular complexity index is 693. The van der Waals surface area contributed by atoms with E-state index in [2.05, 4.69) is 14.8 Å². The molecule has 0 unspecified atom stereocenters. The highest BCUT2D eigenvalue weighted by Gasteiger charge is 2.30. The Morgan fingerprint density at radius 3 is 2.62 bits per heavy atom. The summed E-state index contributed by atoms with van der Waals surface area (Å²) in [6, 6.07) is 5.64. The molecule has 1 saturated heterocycles. The van der Waals surface area contributed by atoms with Crippen molar-refractivity contribution < 1.29 is 13.2 Å². The molecule has 0 amide bonds. The Morgan fingerprint density at radius 2 is 1.92 bits per heavy atom. The predicted molar refractivity (Wildman–Crippen MR) is 90.3 cm³/mol. The van der Waals surface area contributed by atoms with Gasteiger partial charge in [-0.1, -0.05) is 6.07 Å². The highest BCUT2D eigenvalue weighted by Crippen LogP contribution is 2.33. The third-order valence-corrected chi connectivity index (χ3v) is 4.62. The van der Waals surface area contributed by atoms with Gasteiger partial charge in [-0.15, -0.1) is 0 Å². The summed E-state index contributed by atoms with van der Waals surface area (Å²) >= 11 is 0. The molecule has 3 nitrogen and oxygen atoms in total. The largest absolute Gasteiger partial charge is 0.416 e. The molecule has 0 bridgehead atoms. The smallest absolute Gasteiger partial charge is 0.374 e. The zero-order chi connectivity index (χ0) is 17.2. The molecule has 24 heavy (non-hydrogen) atoms. The first-order valence-electron chi connectivity index (χ1n) is 8.34. The third-order valence-electron chi connectivity index (χ3n) is 4.62. The number of benzene rings is 1. The topological polar surface area (TPSA) is 19.4 Å². The molecule has 0 spiro atoms. The summed E-state index contributed by atoms with van der Waals surface area (Å²) in [5, 5.41) is 0.758. The molecule has 6 heteroatoms. The Hall–Kier alpha value is -1.82. The Kier molecular flexibility index (Phi) is 4.94. The second-order valence-electron chi connectivity index (χ2n) is 6.38. The van der Waals surface area contributed by atoms with E-state index < -0.39 is 11.7 Å². The van der Waals surface area contributed by atoms with Crippen molar-refractivity contribution in [1.29, 1.82) is 0 Å². The molecule has 0 N–H and O–H groups in total. The minimum Gasteiger partial charge on any atom is -0.374 e. The van der Waals surface area contributed by atoms with E-state index in [-0.39, 0.29) is 0 Å². The molecule has 1 aliphatic heterocycles. The number of nitrogens with zero attached hydrogens (tertiary/aromatic N) is 3. The fraction of sp³-hybridized carbons (Fsp3) is 0.500. The molecule has 2 heterocycles. The van der Waals surface area contributed by atoms with Crippen molar-refractivity contribution in [2.24, 2.45) is 0 Å². The van der Waals surface area contributed by atoms with E-state index in [1.54, 1.807) is 6.20 Å². The quantitative estimate of drug-likeness (QED) is 0.816. The average molecular weight is 337 g/mol. The van der Waals surface area contributed by atoms with Gasteiger partial charge in [0, 0.05) is 30.9 Å². The molecule has 1 aromatic carbocycles. The lowest BCUT2D eigenvalue weighted by Gasteiger charge is -2.23. The summed E-state index contributed by atoms with van der Waals surface area (Å²) in [6.45, 7) is 4.31.